The van der Waals surface area contributed by atoms with E-state index in [9.17, 15) is 4.79 Å². The van der Waals surface area contributed by atoms with Gasteiger partial charge in [0.2, 0.25) is 0 Å². The molecule has 0 saturated carbocycles. The monoisotopic (exact) mass is 382 g/mol. The second-order valence-electron chi connectivity index (χ2n) is 5.30. The molecule has 0 aliphatic heterocycles. The van der Waals surface area contributed by atoms with Crippen molar-refractivity contribution in [3.63, 3.8) is 0 Å². The fourth-order valence-corrected chi connectivity index (χ4v) is 2.65. The second kappa shape index (κ2) is 7.89. The largest absolute Gasteiger partial charge is 0.553 e. The topological polar surface area (TPSA) is 39.4 Å². The number of aryl methyl sites for hydroxylation is 2. The van der Waals surface area contributed by atoms with Crippen LogP contribution in [0.15, 0.2) is 47.1 Å². The van der Waals surface area contributed by atoms with Crippen LogP contribution >= 0.6 is 0 Å². The van der Waals surface area contributed by atoms with Crippen LogP contribution in [-0.2, 0) is 39.1 Å². The molecule has 2 aromatic carbocycles. The van der Waals surface area contributed by atoms with Crippen molar-refractivity contribution in [3.8, 4) is 5.75 Å². The van der Waals surface area contributed by atoms with Gasteiger partial charge in [0.25, 0.3) is 0 Å². The molecular weight excluding hydrogens is 365 g/mol. The number of rotatable bonds is 5. The van der Waals surface area contributed by atoms with E-state index >= 15 is 0 Å². The van der Waals surface area contributed by atoms with Crippen LogP contribution in [0.2, 0.25) is 0 Å². The fraction of sp³-hybridized carbons (Fsp3) is 0.211. The predicted octanol–water partition coefficient (Wildman–Crippen LogP) is 4.36. The van der Waals surface area contributed by atoms with Crippen LogP contribution in [0.1, 0.15) is 27.9 Å². The van der Waals surface area contributed by atoms with E-state index in [0.29, 0.717) is 24.2 Å². The maximum atomic E-state index is 12.5. The Bertz CT molecular complexity index is 820. The van der Waals surface area contributed by atoms with Gasteiger partial charge in [-0.2, -0.15) is 12.1 Å². The zero-order chi connectivity index (χ0) is 15.5. The normalized spacial score (nSPS) is 10.3. The molecule has 115 valence electrons. The molecule has 0 aliphatic carbocycles. The summed E-state index contributed by atoms with van der Waals surface area (Å²) in [6.45, 7) is 1.91. The van der Waals surface area contributed by atoms with Gasteiger partial charge >= 0.3 is 0 Å². The van der Waals surface area contributed by atoms with Gasteiger partial charge in [0.15, 0.2) is 0 Å². The van der Waals surface area contributed by atoms with Crippen molar-refractivity contribution >= 4 is 16.8 Å². The first-order chi connectivity index (χ1) is 10.7. The quantitative estimate of drug-likeness (QED) is 0.486. The van der Waals surface area contributed by atoms with Crippen molar-refractivity contribution in [1.29, 1.82) is 0 Å². The number of benzene rings is 2. The molecule has 3 aromatic rings. The molecule has 0 unspecified atom stereocenters. The van der Waals surface area contributed by atoms with Crippen LogP contribution in [0.4, 0.5) is 0 Å². The van der Waals surface area contributed by atoms with Gasteiger partial charge < -0.3 is 9.15 Å². The first-order valence-electron chi connectivity index (χ1n) is 7.23. The van der Waals surface area contributed by atoms with Crippen molar-refractivity contribution in [2.24, 2.45) is 0 Å². The van der Waals surface area contributed by atoms with E-state index in [2.05, 4.69) is 12.1 Å². The van der Waals surface area contributed by atoms with E-state index in [1.807, 2.05) is 31.2 Å². The Morgan fingerprint density at radius 1 is 1.26 bits per heavy atom. The third kappa shape index (κ3) is 3.91. The molecular formula is C19H17O3Y-. The summed E-state index contributed by atoms with van der Waals surface area (Å²) in [6, 6.07) is 14.4. The van der Waals surface area contributed by atoms with E-state index in [1.165, 1.54) is 0 Å². The molecule has 0 saturated heterocycles. The molecule has 0 spiro atoms. The van der Waals surface area contributed by atoms with Gasteiger partial charge in [-0.1, -0.05) is 13.0 Å². The van der Waals surface area contributed by atoms with E-state index in [0.717, 1.165) is 22.1 Å². The minimum absolute atomic E-state index is 0. The van der Waals surface area contributed by atoms with E-state index in [4.69, 9.17) is 9.15 Å². The molecule has 0 aliphatic rings. The number of carbonyl (C=O) groups is 1. The van der Waals surface area contributed by atoms with Crippen LogP contribution in [0.25, 0.3) is 11.0 Å². The molecule has 3 nitrogen and oxygen atoms in total. The average Bonchev–Trinajstić information content (AvgIpc) is 2.99. The number of hydrogen-bond donors (Lipinski definition) is 0. The summed E-state index contributed by atoms with van der Waals surface area (Å²) < 4.78 is 10.6. The molecule has 0 amide bonds. The molecule has 0 N–H and O–H groups in total. The first-order valence-corrected chi connectivity index (χ1v) is 7.23. The van der Waals surface area contributed by atoms with Gasteiger partial charge in [0, 0.05) is 50.3 Å². The van der Waals surface area contributed by atoms with Crippen molar-refractivity contribution in [1.82, 2.24) is 0 Å². The molecule has 3 rings (SSSR count). The Labute approximate surface area is 160 Å². The summed E-state index contributed by atoms with van der Waals surface area (Å²) in [5.74, 6) is 0.686. The van der Waals surface area contributed by atoms with Crippen molar-refractivity contribution in [2.45, 2.75) is 19.8 Å². The molecule has 1 aromatic heterocycles. The summed E-state index contributed by atoms with van der Waals surface area (Å²) >= 11 is 0. The Balaban J connectivity index is 0.00000192. The number of furan rings is 1. The van der Waals surface area contributed by atoms with Crippen molar-refractivity contribution < 1.29 is 46.7 Å². The van der Waals surface area contributed by atoms with Crippen molar-refractivity contribution in [2.75, 3.05) is 7.11 Å². The summed E-state index contributed by atoms with van der Waals surface area (Å²) in [4.78, 5) is 12.5. The second-order valence-corrected chi connectivity index (χ2v) is 5.30. The van der Waals surface area contributed by atoms with Gasteiger partial charge in [-0.05, 0) is 35.7 Å². The first kappa shape index (κ1) is 17.9. The smallest absolute Gasteiger partial charge is 0.143 e. The minimum Gasteiger partial charge on any atom is -0.553 e. The SMILES string of the molecule is COc1c[c-]cc(C)c1C(=O)CCc1ccc2occc2c1.[Y]. The van der Waals surface area contributed by atoms with Gasteiger partial charge in [-0.15, -0.1) is 11.6 Å². The van der Waals surface area contributed by atoms with Crippen LogP contribution in [0, 0.1) is 13.0 Å². The molecule has 23 heavy (non-hydrogen) atoms. The zero-order valence-electron chi connectivity index (χ0n) is 13.3. The third-order valence-corrected chi connectivity index (χ3v) is 3.81. The van der Waals surface area contributed by atoms with Gasteiger partial charge in [-0.3, -0.25) is 4.79 Å². The van der Waals surface area contributed by atoms with Crippen LogP contribution in [0.5, 0.6) is 5.75 Å². The maximum absolute atomic E-state index is 12.5. The van der Waals surface area contributed by atoms with Crippen LogP contribution < -0.4 is 4.74 Å². The molecule has 0 bridgehead atoms. The van der Waals surface area contributed by atoms with Gasteiger partial charge in [-0.25, -0.2) is 0 Å². The van der Waals surface area contributed by atoms with E-state index < -0.39 is 0 Å². The summed E-state index contributed by atoms with van der Waals surface area (Å²) in [5.41, 5.74) is 3.55. The minimum atomic E-state index is 0. The number of ketones is 1. The maximum Gasteiger partial charge on any atom is 0.143 e. The Kier molecular flexibility index (Phi) is 6.14. The average molecular weight is 382 g/mol. The van der Waals surface area contributed by atoms with Gasteiger partial charge in [0.1, 0.15) is 11.4 Å². The molecule has 1 radical (unpaired) electrons. The molecule has 0 fully saturated rings. The third-order valence-electron chi connectivity index (χ3n) is 3.81. The Hall–Kier alpha value is -1.45. The number of hydrogen-bond acceptors (Lipinski definition) is 3. The van der Waals surface area contributed by atoms with Gasteiger partial charge in [0.05, 0.1) is 13.4 Å². The van der Waals surface area contributed by atoms with E-state index in [-0.39, 0.29) is 38.5 Å². The van der Waals surface area contributed by atoms with E-state index in [1.54, 1.807) is 19.4 Å². The molecule has 4 heteroatoms. The predicted molar refractivity (Wildman–Crippen MR) is 85.4 cm³/mol. The number of carbonyl (C=O) groups excluding carboxylic acids is 1. The Morgan fingerprint density at radius 2 is 2.09 bits per heavy atom. The molecule has 1 heterocycles. The van der Waals surface area contributed by atoms with Crippen LogP contribution in [0.3, 0.4) is 0 Å². The summed E-state index contributed by atoms with van der Waals surface area (Å²) in [7, 11) is 1.58. The fourth-order valence-electron chi connectivity index (χ4n) is 2.65. The van der Waals surface area contributed by atoms with Crippen molar-refractivity contribution in [3.05, 3.63) is 65.4 Å². The number of ether oxygens (including phenoxy) is 1. The standard InChI is InChI=1S/C19H17O3.Y/c1-13-4-3-5-18(21-2)19(13)16(20)8-6-14-7-9-17-15(12-14)10-11-22-17;/h4-5,7,9-12H,6,8H2,1-2H3;/q-1;. The number of methoxy groups -OCH3 is 1. The number of fused-ring (bicyclic) bond motifs is 1. The molecule has 0 atom stereocenters. The van der Waals surface area contributed by atoms with Crippen LogP contribution in [-0.4, -0.2) is 12.9 Å². The summed E-state index contributed by atoms with van der Waals surface area (Å²) in [5, 5.41) is 1.06. The zero-order valence-corrected chi connectivity index (χ0v) is 16.1. The Morgan fingerprint density at radius 3 is 2.87 bits per heavy atom. The summed E-state index contributed by atoms with van der Waals surface area (Å²) in [6.07, 6.45) is 2.82. The number of Topliss-reactive ketones (excluding diaryl/α,β-unsaturated/α-hetero) is 1.